The number of carbonyl (C=O) groups is 2. The molecule has 5 nitrogen and oxygen atoms in total. The van der Waals surface area contributed by atoms with E-state index in [4.69, 9.17) is 5.26 Å². The van der Waals surface area contributed by atoms with Crippen LogP contribution in [0.3, 0.4) is 0 Å². The van der Waals surface area contributed by atoms with E-state index in [1.807, 2.05) is 0 Å². The number of nitriles is 1. The number of nitrogens with zero attached hydrogens (tertiary/aromatic N) is 3. The van der Waals surface area contributed by atoms with Gasteiger partial charge in [0.1, 0.15) is 11.9 Å². The predicted molar refractivity (Wildman–Crippen MR) is 64.2 cm³/mol. The summed E-state index contributed by atoms with van der Waals surface area (Å²) >= 11 is 0. The maximum absolute atomic E-state index is 13.9. The highest BCUT2D eigenvalue weighted by molar-refractivity contribution is 6.35. The average molecular weight is 261 g/mol. The van der Waals surface area contributed by atoms with Gasteiger partial charge in [0.15, 0.2) is 0 Å². The molecule has 0 bridgehead atoms. The van der Waals surface area contributed by atoms with Gasteiger partial charge in [-0.2, -0.15) is 5.26 Å². The van der Waals surface area contributed by atoms with Gasteiger partial charge in [0, 0.05) is 32.2 Å². The lowest BCUT2D eigenvalue weighted by Gasteiger charge is -2.31. The molecule has 1 aliphatic heterocycles. The summed E-state index contributed by atoms with van der Waals surface area (Å²) in [6.07, 6.45) is 0. The summed E-state index contributed by atoms with van der Waals surface area (Å²) in [6, 6.07) is 6.18. The topological polar surface area (TPSA) is 64.4 Å². The molecular formula is C13H12FN3O2. The van der Waals surface area contributed by atoms with Crippen molar-refractivity contribution in [3.8, 4) is 6.07 Å². The third kappa shape index (κ3) is 2.40. The average Bonchev–Trinajstić information content (AvgIpc) is 2.41. The second-order valence-corrected chi connectivity index (χ2v) is 4.34. The van der Waals surface area contributed by atoms with Crippen LogP contribution in [0.1, 0.15) is 11.1 Å². The molecule has 0 saturated carbocycles. The van der Waals surface area contributed by atoms with Crippen molar-refractivity contribution in [2.75, 3.05) is 20.1 Å². The van der Waals surface area contributed by atoms with Gasteiger partial charge < -0.3 is 9.80 Å². The van der Waals surface area contributed by atoms with Crippen molar-refractivity contribution in [1.82, 2.24) is 9.80 Å². The fourth-order valence-electron chi connectivity index (χ4n) is 1.92. The van der Waals surface area contributed by atoms with E-state index in [-0.39, 0.29) is 17.7 Å². The van der Waals surface area contributed by atoms with E-state index in [2.05, 4.69) is 0 Å². The van der Waals surface area contributed by atoms with Gasteiger partial charge in [-0.25, -0.2) is 4.39 Å². The summed E-state index contributed by atoms with van der Waals surface area (Å²) in [6.45, 7) is 0.779. The van der Waals surface area contributed by atoms with Crippen molar-refractivity contribution >= 4 is 11.8 Å². The molecule has 0 unspecified atom stereocenters. The Morgan fingerprint density at radius 3 is 2.74 bits per heavy atom. The van der Waals surface area contributed by atoms with Gasteiger partial charge in [-0.15, -0.1) is 0 Å². The third-order valence-corrected chi connectivity index (χ3v) is 3.08. The Morgan fingerprint density at radius 2 is 2.05 bits per heavy atom. The largest absolute Gasteiger partial charge is 0.336 e. The first-order chi connectivity index (χ1) is 9.04. The normalized spacial score (nSPS) is 15.6. The van der Waals surface area contributed by atoms with Gasteiger partial charge >= 0.3 is 11.8 Å². The molecular weight excluding hydrogens is 249 g/mol. The molecule has 0 aromatic heterocycles. The molecule has 2 rings (SSSR count). The number of halogens is 1. The highest BCUT2D eigenvalue weighted by atomic mass is 19.1. The van der Waals surface area contributed by atoms with Crippen molar-refractivity contribution in [1.29, 1.82) is 5.26 Å². The van der Waals surface area contributed by atoms with E-state index in [1.54, 1.807) is 19.2 Å². The summed E-state index contributed by atoms with van der Waals surface area (Å²) in [5, 5.41) is 8.75. The summed E-state index contributed by atoms with van der Waals surface area (Å²) in [5.41, 5.74) is 0.176. The summed E-state index contributed by atoms with van der Waals surface area (Å²) in [5.74, 6) is -1.87. The number of likely N-dealkylation sites (N-methyl/N-ethyl adjacent to an activating group) is 1. The van der Waals surface area contributed by atoms with E-state index in [0.717, 1.165) is 0 Å². The Kier molecular flexibility index (Phi) is 3.47. The lowest BCUT2D eigenvalue weighted by atomic mass is 10.1. The van der Waals surface area contributed by atoms with Crippen LogP contribution in [0.15, 0.2) is 18.2 Å². The first kappa shape index (κ1) is 13.0. The fourth-order valence-corrected chi connectivity index (χ4v) is 1.92. The number of hydrogen-bond acceptors (Lipinski definition) is 3. The van der Waals surface area contributed by atoms with Crippen LogP contribution in [-0.4, -0.2) is 41.8 Å². The van der Waals surface area contributed by atoms with E-state index in [1.165, 1.54) is 21.9 Å². The SMILES string of the molecule is CN1CCN(Cc2cccc(C#N)c2F)C(=O)C1=O. The highest BCUT2D eigenvalue weighted by Gasteiger charge is 2.30. The van der Waals surface area contributed by atoms with Crippen LogP contribution in [0.5, 0.6) is 0 Å². The number of rotatable bonds is 2. The minimum absolute atomic E-state index is 0.000231. The van der Waals surface area contributed by atoms with Crippen LogP contribution in [0.4, 0.5) is 4.39 Å². The number of benzene rings is 1. The zero-order valence-corrected chi connectivity index (χ0v) is 10.4. The molecule has 0 radical (unpaired) electrons. The molecule has 98 valence electrons. The lowest BCUT2D eigenvalue weighted by Crippen LogP contribution is -2.52. The Bertz CT molecular complexity index is 580. The minimum Gasteiger partial charge on any atom is -0.336 e. The van der Waals surface area contributed by atoms with Gasteiger partial charge in [-0.3, -0.25) is 9.59 Å². The monoisotopic (exact) mass is 261 g/mol. The lowest BCUT2D eigenvalue weighted by molar-refractivity contribution is -0.155. The number of amides is 2. The quantitative estimate of drug-likeness (QED) is 0.728. The van der Waals surface area contributed by atoms with Gasteiger partial charge in [0.2, 0.25) is 0 Å². The van der Waals surface area contributed by atoms with E-state index in [0.29, 0.717) is 13.1 Å². The maximum atomic E-state index is 13.9. The third-order valence-electron chi connectivity index (χ3n) is 3.08. The molecule has 0 N–H and O–H groups in total. The van der Waals surface area contributed by atoms with Crippen molar-refractivity contribution in [3.05, 3.63) is 35.1 Å². The second-order valence-electron chi connectivity index (χ2n) is 4.34. The molecule has 0 spiro atoms. The van der Waals surface area contributed by atoms with E-state index in [9.17, 15) is 14.0 Å². The molecule has 6 heteroatoms. The predicted octanol–water partition coefficient (Wildman–Crippen LogP) is 0.498. The van der Waals surface area contributed by atoms with Crippen molar-refractivity contribution in [2.45, 2.75) is 6.54 Å². The van der Waals surface area contributed by atoms with Crippen molar-refractivity contribution < 1.29 is 14.0 Å². The molecule has 0 aliphatic carbocycles. The van der Waals surface area contributed by atoms with Crippen LogP contribution in [-0.2, 0) is 16.1 Å². The van der Waals surface area contributed by atoms with Crippen LogP contribution in [0.25, 0.3) is 0 Å². The zero-order valence-electron chi connectivity index (χ0n) is 10.4. The zero-order chi connectivity index (χ0) is 14.0. The van der Waals surface area contributed by atoms with Gasteiger partial charge in [0.05, 0.1) is 5.56 Å². The van der Waals surface area contributed by atoms with Gasteiger partial charge in [-0.1, -0.05) is 12.1 Å². The summed E-state index contributed by atoms with van der Waals surface area (Å²) in [7, 11) is 1.55. The molecule has 2 amide bonds. The van der Waals surface area contributed by atoms with Crippen LogP contribution in [0, 0.1) is 17.1 Å². The Hall–Kier alpha value is -2.42. The van der Waals surface area contributed by atoms with Crippen LogP contribution >= 0.6 is 0 Å². The Balaban J connectivity index is 2.21. The second kappa shape index (κ2) is 5.06. The molecule has 1 aromatic carbocycles. The molecule has 1 heterocycles. The molecule has 19 heavy (non-hydrogen) atoms. The minimum atomic E-state index is -0.643. The maximum Gasteiger partial charge on any atom is 0.312 e. The molecule has 1 aliphatic rings. The van der Waals surface area contributed by atoms with E-state index < -0.39 is 17.6 Å². The Labute approximate surface area is 109 Å². The fraction of sp³-hybridized carbons (Fsp3) is 0.308. The number of piperazine rings is 1. The summed E-state index contributed by atoms with van der Waals surface area (Å²) in [4.78, 5) is 25.9. The first-order valence-electron chi connectivity index (χ1n) is 5.76. The Morgan fingerprint density at radius 1 is 1.32 bits per heavy atom. The number of hydrogen-bond donors (Lipinski definition) is 0. The molecule has 1 fully saturated rings. The first-order valence-corrected chi connectivity index (χ1v) is 5.76. The van der Waals surface area contributed by atoms with Crippen LogP contribution < -0.4 is 0 Å². The standard InChI is InChI=1S/C13H12FN3O2/c1-16-5-6-17(13(19)12(16)18)8-10-4-2-3-9(7-15)11(10)14/h2-4H,5-6,8H2,1H3. The van der Waals surface area contributed by atoms with Crippen LogP contribution in [0.2, 0.25) is 0 Å². The highest BCUT2D eigenvalue weighted by Crippen LogP contribution is 2.16. The van der Waals surface area contributed by atoms with Gasteiger partial charge in [0.25, 0.3) is 0 Å². The van der Waals surface area contributed by atoms with E-state index >= 15 is 0 Å². The molecule has 1 aromatic rings. The summed E-state index contributed by atoms with van der Waals surface area (Å²) < 4.78 is 13.9. The molecule has 1 saturated heterocycles. The van der Waals surface area contributed by atoms with Crippen molar-refractivity contribution in [3.63, 3.8) is 0 Å². The molecule has 0 atom stereocenters. The van der Waals surface area contributed by atoms with Gasteiger partial charge in [-0.05, 0) is 6.07 Å². The van der Waals surface area contributed by atoms with Crippen molar-refractivity contribution in [2.24, 2.45) is 0 Å². The number of carbonyl (C=O) groups excluding carboxylic acids is 2. The smallest absolute Gasteiger partial charge is 0.312 e.